The summed E-state index contributed by atoms with van der Waals surface area (Å²) in [6, 6.07) is 3.45. The summed E-state index contributed by atoms with van der Waals surface area (Å²) in [4.78, 5) is 0. The number of aliphatic hydroxyl groups excluding tert-OH is 1. The maximum atomic E-state index is 8.75. The zero-order valence-corrected chi connectivity index (χ0v) is 5.22. The zero-order chi connectivity index (χ0) is 6.85. The minimum atomic E-state index is -0.0249. The summed E-state index contributed by atoms with van der Waals surface area (Å²) >= 11 is 0. The average molecular weight is 124 g/mol. The molecule has 0 spiro atoms. The molecule has 1 heterocycles. The van der Waals surface area contributed by atoms with Crippen LogP contribution in [0.3, 0.4) is 0 Å². The Morgan fingerprint density at radius 2 is 2.33 bits per heavy atom. The van der Waals surface area contributed by atoms with Crippen molar-refractivity contribution in [2.45, 2.75) is 6.92 Å². The van der Waals surface area contributed by atoms with E-state index in [-0.39, 0.29) is 5.76 Å². The molecule has 0 aliphatic rings. The lowest BCUT2D eigenvalue weighted by Gasteiger charge is -1.87. The molecule has 2 nitrogen and oxygen atoms in total. The fourth-order valence-corrected chi connectivity index (χ4v) is 0.590. The monoisotopic (exact) mass is 124 g/mol. The molecule has 1 rings (SSSR count). The van der Waals surface area contributed by atoms with Gasteiger partial charge in [0.1, 0.15) is 5.76 Å². The summed E-state index contributed by atoms with van der Waals surface area (Å²) in [6.45, 7) is 5.11. The van der Waals surface area contributed by atoms with Gasteiger partial charge in [0.2, 0.25) is 0 Å². The fraction of sp³-hybridized carbons (Fsp3) is 0.143. The van der Waals surface area contributed by atoms with Crippen LogP contribution in [0.25, 0.3) is 5.76 Å². The first-order chi connectivity index (χ1) is 4.20. The van der Waals surface area contributed by atoms with Crippen LogP contribution < -0.4 is 0 Å². The third kappa shape index (κ3) is 1.13. The van der Waals surface area contributed by atoms with Gasteiger partial charge in [0.15, 0.2) is 11.5 Å². The number of hydrogen-bond donors (Lipinski definition) is 1. The molecule has 48 valence electrons. The fourth-order valence-electron chi connectivity index (χ4n) is 0.590. The Hall–Kier alpha value is -1.18. The molecule has 0 saturated heterocycles. The van der Waals surface area contributed by atoms with E-state index < -0.39 is 0 Å². The van der Waals surface area contributed by atoms with Gasteiger partial charge in [0, 0.05) is 0 Å². The third-order valence-corrected chi connectivity index (χ3v) is 1.02. The van der Waals surface area contributed by atoms with Gasteiger partial charge in [-0.05, 0) is 19.1 Å². The van der Waals surface area contributed by atoms with E-state index >= 15 is 0 Å². The molecule has 0 fully saturated rings. The molecule has 0 radical (unpaired) electrons. The van der Waals surface area contributed by atoms with E-state index in [1.54, 1.807) is 12.1 Å². The first kappa shape index (κ1) is 5.95. The molecule has 1 aromatic rings. The lowest BCUT2D eigenvalue weighted by atomic mass is 10.4. The normalized spacial score (nSPS) is 9.44. The van der Waals surface area contributed by atoms with Gasteiger partial charge < -0.3 is 9.52 Å². The van der Waals surface area contributed by atoms with E-state index in [2.05, 4.69) is 6.58 Å². The van der Waals surface area contributed by atoms with Crippen molar-refractivity contribution in [2.75, 3.05) is 0 Å². The van der Waals surface area contributed by atoms with E-state index in [1.807, 2.05) is 6.92 Å². The molecule has 0 amide bonds. The quantitative estimate of drug-likeness (QED) is 0.581. The second-order valence-corrected chi connectivity index (χ2v) is 1.86. The van der Waals surface area contributed by atoms with Crippen LogP contribution >= 0.6 is 0 Å². The number of rotatable bonds is 1. The van der Waals surface area contributed by atoms with E-state index in [1.165, 1.54) is 0 Å². The van der Waals surface area contributed by atoms with Gasteiger partial charge >= 0.3 is 0 Å². The highest BCUT2D eigenvalue weighted by Gasteiger charge is 1.98. The lowest BCUT2D eigenvalue weighted by Crippen LogP contribution is -1.71. The number of aliphatic hydroxyl groups is 1. The third-order valence-electron chi connectivity index (χ3n) is 1.02. The van der Waals surface area contributed by atoms with E-state index in [0.717, 1.165) is 5.76 Å². The van der Waals surface area contributed by atoms with Crippen molar-refractivity contribution in [1.29, 1.82) is 0 Å². The predicted molar refractivity (Wildman–Crippen MR) is 35.1 cm³/mol. The molecule has 2 heteroatoms. The zero-order valence-electron chi connectivity index (χ0n) is 5.22. The van der Waals surface area contributed by atoms with Gasteiger partial charge in [0.25, 0.3) is 0 Å². The molecular weight excluding hydrogens is 116 g/mol. The minimum Gasteiger partial charge on any atom is -0.505 e. The van der Waals surface area contributed by atoms with Crippen molar-refractivity contribution in [1.82, 2.24) is 0 Å². The Morgan fingerprint density at radius 1 is 1.67 bits per heavy atom. The second kappa shape index (κ2) is 1.97. The number of aryl methyl sites for hydroxylation is 1. The van der Waals surface area contributed by atoms with Gasteiger partial charge in [-0.15, -0.1) is 0 Å². The Morgan fingerprint density at radius 3 is 2.56 bits per heavy atom. The summed E-state index contributed by atoms with van der Waals surface area (Å²) in [5, 5.41) is 8.75. The molecule has 0 bridgehead atoms. The van der Waals surface area contributed by atoms with Gasteiger partial charge in [-0.1, -0.05) is 6.58 Å². The van der Waals surface area contributed by atoms with Crippen molar-refractivity contribution < 1.29 is 9.52 Å². The van der Waals surface area contributed by atoms with Crippen LogP contribution in [-0.2, 0) is 0 Å². The molecule has 0 aliphatic heterocycles. The van der Waals surface area contributed by atoms with Crippen LogP contribution in [0.2, 0.25) is 0 Å². The summed E-state index contributed by atoms with van der Waals surface area (Å²) in [7, 11) is 0. The van der Waals surface area contributed by atoms with Gasteiger partial charge in [-0.2, -0.15) is 0 Å². The van der Waals surface area contributed by atoms with Crippen molar-refractivity contribution in [3.8, 4) is 0 Å². The van der Waals surface area contributed by atoms with E-state index in [0.29, 0.717) is 5.76 Å². The Balaban J connectivity index is 2.98. The second-order valence-electron chi connectivity index (χ2n) is 1.86. The van der Waals surface area contributed by atoms with Crippen molar-refractivity contribution >= 4 is 5.76 Å². The Kier molecular flexibility index (Phi) is 1.30. The number of hydrogen-bond acceptors (Lipinski definition) is 2. The minimum absolute atomic E-state index is 0.0249. The van der Waals surface area contributed by atoms with Gasteiger partial charge in [-0.3, -0.25) is 0 Å². The number of furan rings is 1. The summed E-state index contributed by atoms with van der Waals surface area (Å²) in [5.74, 6) is 1.19. The Bertz CT molecular complexity index is 223. The van der Waals surface area contributed by atoms with Crippen molar-refractivity contribution in [3.63, 3.8) is 0 Å². The summed E-state index contributed by atoms with van der Waals surface area (Å²) in [5.41, 5.74) is 0. The molecule has 9 heavy (non-hydrogen) atoms. The van der Waals surface area contributed by atoms with Crippen LogP contribution in [0.1, 0.15) is 11.5 Å². The summed E-state index contributed by atoms with van der Waals surface area (Å²) < 4.78 is 5.00. The van der Waals surface area contributed by atoms with Crippen LogP contribution in [0, 0.1) is 6.92 Å². The van der Waals surface area contributed by atoms with Crippen LogP contribution in [-0.4, -0.2) is 5.11 Å². The summed E-state index contributed by atoms with van der Waals surface area (Å²) in [6.07, 6.45) is 0. The largest absolute Gasteiger partial charge is 0.505 e. The van der Waals surface area contributed by atoms with Crippen LogP contribution in [0.4, 0.5) is 0 Å². The van der Waals surface area contributed by atoms with E-state index in [4.69, 9.17) is 9.52 Å². The standard InChI is InChI=1S/C7H8O2/c1-5-3-4-7(9-5)6(2)8/h3-4,8H,2H2,1H3. The molecule has 1 aromatic heterocycles. The highest BCUT2D eigenvalue weighted by Crippen LogP contribution is 2.11. The van der Waals surface area contributed by atoms with Crippen LogP contribution in [0.15, 0.2) is 23.1 Å². The maximum absolute atomic E-state index is 8.75. The topological polar surface area (TPSA) is 33.4 Å². The van der Waals surface area contributed by atoms with Crippen molar-refractivity contribution in [3.05, 3.63) is 30.2 Å². The predicted octanol–water partition coefficient (Wildman–Crippen LogP) is 2.12. The SMILES string of the molecule is C=C(O)c1ccc(C)o1. The molecule has 0 aromatic carbocycles. The molecule has 1 N–H and O–H groups in total. The van der Waals surface area contributed by atoms with Gasteiger partial charge in [0.05, 0.1) is 0 Å². The molecule has 0 atom stereocenters. The Labute approximate surface area is 53.4 Å². The molecule has 0 unspecified atom stereocenters. The highest BCUT2D eigenvalue weighted by molar-refractivity contribution is 5.49. The van der Waals surface area contributed by atoms with Gasteiger partial charge in [-0.25, -0.2) is 0 Å². The molecular formula is C7H8O2. The van der Waals surface area contributed by atoms with Crippen LogP contribution in [0.5, 0.6) is 0 Å². The maximum Gasteiger partial charge on any atom is 0.168 e. The highest BCUT2D eigenvalue weighted by atomic mass is 16.4. The molecule has 0 aliphatic carbocycles. The van der Waals surface area contributed by atoms with E-state index in [9.17, 15) is 0 Å². The first-order valence-corrected chi connectivity index (χ1v) is 2.65. The average Bonchev–Trinajstić information content (AvgIpc) is 2.14. The first-order valence-electron chi connectivity index (χ1n) is 2.65. The smallest absolute Gasteiger partial charge is 0.168 e. The molecule has 0 saturated carbocycles. The lowest BCUT2D eigenvalue weighted by molar-refractivity contribution is 0.449. The van der Waals surface area contributed by atoms with Crippen molar-refractivity contribution in [2.24, 2.45) is 0 Å².